The maximum absolute atomic E-state index is 12.5. The Bertz CT molecular complexity index is 597. The van der Waals surface area contributed by atoms with Crippen molar-refractivity contribution in [1.82, 2.24) is 19.8 Å². The maximum Gasteiger partial charge on any atom is 0.253 e. The normalized spacial score (nSPS) is 16.6. The van der Waals surface area contributed by atoms with Crippen LogP contribution < -0.4 is 5.32 Å². The molecule has 1 aromatic heterocycles. The molecule has 0 unspecified atom stereocenters. The van der Waals surface area contributed by atoms with E-state index in [-0.39, 0.29) is 5.91 Å². The minimum atomic E-state index is 0.117. The van der Waals surface area contributed by atoms with E-state index in [1.54, 1.807) is 6.33 Å². The summed E-state index contributed by atoms with van der Waals surface area (Å²) in [5, 5.41) is 3.31. The smallest absolute Gasteiger partial charge is 0.253 e. The van der Waals surface area contributed by atoms with Crippen molar-refractivity contribution < 1.29 is 4.79 Å². The van der Waals surface area contributed by atoms with Gasteiger partial charge in [0.1, 0.15) is 0 Å². The van der Waals surface area contributed by atoms with Crippen LogP contribution in [-0.2, 0) is 7.05 Å². The van der Waals surface area contributed by atoms with Crippen molar-refractivity contribution >= 4 is 16.9 Å². The first-order valence-electron chi connectivity index (χ1n) is 6.67. The van der Waals surface area contributed by atoms with Gasteiger partial charge in [0, 0.05) is 32.2 Å². The number of carbonyl (C=O) groups is 1. The predicted molar refractivity (Wildman–Crippen MR) is 74.1 cm³/mol. The van der Waals surface area contributed by atoms with Gasteiger partial charge in [0.05, 0.1) is 17.4 Å². The standard InChI is InChI=1S/C14H18N4O/c1-17-10-16-12-4-3-11(9-13(12)17)14(19)18-7-2-5-15-6-8-18/h3-4,9-10,15H,2,5-8H2,1H3. The lowest BCUT2D eigenvalue weighted by Gasteiger charge is -2.20. The Morgan fingerprint density at radius 1 is 1.32 bits per heavy atom. The van der Waals surface area contributed by atoms with Crippen LogP contribution >= 0.6 is 0 Å². The van der Waals surface area contributed by atoms with Gasteiger partial charge in [-0.2, -0.15) is 0 Å². The molecule has 19 heavy (non-hydrogen) atoms. The Hall–Kier alpha value is -1.88. The summed E-state index contributed by atoms with van der Waals surface area (Å²) in [4.78, 5) is 18.7. The van der Waals surface area contributed by atoms with Crippen LogP contribution in [0.15, 0.2) is 24.5 Å². The van der Waals surface area contributed by atoms with Crippen molar-refractivity contribution in [3.05, 3.63) is 30.1 Å². The molecule has 1 saturated heterocycles. The molecule has 2 heterocycles. The number of imidazole rings is 1. The molecule has 1 aromatic carbocycles. The van der Waals surface area contributed by atoms with E-state index in [9.17, 15) is 4.79 Å². The number of carbonyl (C=O) groups excluding carboxylic acids is 1. The van der Waals surface area contributed by atoms with Gasteiger partial charge in [-0.1, -0.05) is 0 Å². The summed E-state index contributed by atoms with van der Waals surface area (Å²) in [6.07, 6.45) is 2.79. The van der Waals surface area contributed by atoms with Crippen molar-refractivity contribution in [2.45, 2.75) is 6.42 Å². The van der Waals surface area contributed by atoms with Gasteiger partial charge >= 0.3 is 0 Å². The quantitative estimate of drug-likeness (QED) is 0.830. The molecule has 100 valence electrons. The summed E-state index contributed by atoms with van der Waals surface area (Å²) >= 11 is 0. The Balaban J connectivity index is 1.89. The summed E-state index contributed by atoms with van der Waals surface area (Å²) in [5.74, 6) is 0.117. The summed E-state index contributed by atoms with van der Waals surface area (Å²) in [6.45, 7) is 3.47. The first-order valence-corrected chi connectivity index (χ1v) is 6.67. The molecule has 2 aromatic rings. The van der Waals surface area contributed by atoms with Gasteiger partial charge in [-0.05, 0) is 31.2 Å². The molecule has 1 aliphatic heterocycles. The Morgan fingerprint density at radius 3 is 3.11 bits per heavy atom. The van der Waals surface area contributed by atoms with Crippen LogP contribution in [0.4, 0.5) is 0 Å². The molecule has 1 N–H and O–H groups in total. The highest BCUT2D eigenvalue weighted by Crippen LogP contribution is 2.15. The second-order valence-corrected chi connectivity index (χ2v) is 4.95. The number of nitrogens with zero attached hydrogens (tertiary/aromatic N) is 3. The molecular formula is C14H18N4O. The van der Waals surface area contributed by atoms with E-state index in [1.165, 1.54) is 0 Å². The summed E-state index contributed by atoms with van der Waals surface area (Å²) < 4.78 is 1.94. The highest BCUT2D eigenvalue weighted by molar-refractivity contribution is 5.97. The molecule has 1 amide bonds. The molecule has 0 bridgehead atoms. The number of benzene rings is 1. The fourth-order valence-corrected chi connectivity index (χ4v) is 2.49. The molecule has 0 spiro atoms. The van der Waals surface area contributed by atoms with Crippen molar-refractivity contribution in [1.29, 1.82) is 0 Å². The summed E-state index contributed by atoms with van der Waals surface area (Å²) in [7, 11) is 1.94. The molecule has 5 heteroatoms. The third-order valence-electron chi connectivity index (χ3n) is 3.60. The van der Waals surface area contributed by atoms with Gasteiger partial charge in [0.15, 0.2) is 0 Å². The van der Waals surface area contributed by atoms with E-state index in [4.69, 9.17) is 0 Å². The number of aromatic nitrogens is 2. The number of amides is 1. The zero-order chi connectivity index (χ0) is 13.2. The van der Waals surface area contributed by atoms with E-state index < -0.39 is 0 Å². The van der Waals surface area contributed by atoms with Gasteiger partial charge in [-0.25, -0.2) is 4.98 Å². The third kappa shape index (κ3) is 2.33. The first-order chi connectivity index (χ1) is 9.25. The van der Waals surface area contributed by atoms with Crippen molar-refractivity contribution in [3.8, 4) is 0 Å². The van der Waals surface area contributed by atoms with Gasteiger partial charge in [0.25, 0.3) is 5.91 Å². The van der Waals surface area contributed by atoms with Crippen LogP contribution in [0, 0.1) is 0 Å². The minimum Gasteiger partial charge on any atom is -0.337 e. The largest absolute Gasteiger partial charge is 0.337 e. The second kappa shape index (κ2) is 5.01. The molecule has 0 radical (unpaired) electrons. The molecular weight excluding hydrogens is 240 g/mol. The van der Waals surface area contributed by atoms with Gasteiger partial charge in [-0.15, -0.1) is 0 Å². The highest BCUT2D eigenvalue weighted by Gasteiger charge is 2.17. The molecule has 3 rings (SSSR count). The number of fused-ring (bicyclic) bond motifs is 1. The lowest BCUT2D eigenvalue weighted by atomic mass is 10.1. The SMILES string of the molecule is Cn1cnc2ccc(C(=O)N3CCCNCC3)cc21. The van der Waals surface area contributed by atoms with E-state index in [0.29, 0.717) is 0 Å². The molecule has 1 fully saturated rings. The number of hydrogen-bond acceptors (Lipinski definition) is 3. The predicted octanol–water partition coefficient (Wildman–Crippen LogP) is 1.01. The lowest BCUT2D eigenvalue weighted by molar-refractivity contribution is 0.0766. The van der Waals surface area contributed by atoms with E-state index in [2.05, 4.69) is 10.3 Å². The Kier molecular flexibility index (Phi) is 3.21. The first kappa shape index (κ1) is 12.2. The van der Waals surface area contributed by atoms with Gasteiger partial charge in [-0.3, -0.25) is 4.79 Å². The van der Waals surface area contributed by atoms with Crippen LogP contribution in [0.3, 0.4) is 0 Å². The van der Waals surface area contributed by atoms with E-state index in [0.717, 1.165) is 49.2 Å². The monoisotopic (exact) mass is 258 g/mol. The lowest BCUT2D eigenvalue weighted by Crippen LogP contribution is -2.34. The average Bonchev–Trinajstić information content (AvgIpc) is 2.67. The van der Waals surface area contributed by atoms with Crippen LogP contribution in [-0.4, -0.2) is 46.5 Å². The zero-order valence-corrected chi connectivity index (χ0v) is 11.1. The average molecular weight is 258 g/mol. The van der Waals surface area contributed by atoms with Gasteiger partial charge in [0.2, 0.25) is 0 Å². The van der Waals surface area contributed by atoms with Crippen molar-refractivity contribution in [2.75, 3.05) is 26.2 Å². The molecule has 1 aliphatic rings. The molecule has 0 atom stereocenters. The van der Waals surface area contributed by atoms with Crippen molar-refractivity contribution in [2.24, 2.45) is 7.05 Å². The summed E-state index contributed by atoms with van der Waals surface area (Å²) in [6, 6.07) is 5.72. The highest BCUT2D eigenvalue weighted by atomic mass is 16.2. The molecule has 0 saturated carbocycles. The zero-order valence-electron chi connectivity index (χ0n) is 11.1. The number of rotatable bonds is 1. The molecule has 5 nitrogen and oxygen atoms in total. The molecule has 0 aliphatic carbocycles. The van der Waals surface area contributed by atoms with Crippen LogP contribution in [0.1, 0.15) is 16.8 Å². The fraction of sp³-hybridized carbons (Fsp3) is 0.429. The fourth-order valence-electron chi connectivity index (χ4n) is 2.49. The third-order valence-corrected chi connectivity index (χ3v) is 3.60. The maximum atomic E-state index is 12.5. The van der Waals surface area contributed by atoms with Crippen LogP contribution in [0.5, 0.6) is 0 Å². The minimum absolute atomic E-state index is 0.117. The number of aryl methyl sites for hydroxylation is 1. The van der Waals surface area contributed by atoms with E-state index in [1.807, 2.05) is 34.7 Å². The van der Waals surface area contributed by atoms with Crippen molar-refractivity contribution in [3.63, 3.8) is 0 Å². The Morgan fingerprint density at radius 2 is 2.21 bits per heavy atom. The van der Waals surface area contributed by atoms with Crippen LogP contribution in [0.25, 0.3) is 11.0 Å². The second-order valence-electron chi connectivity index (χ2n) is 4.95. The summed E-state index contributed by atoms with van der Waals surface area (Å²) in [5.41, 5.74) is 2.67. The number of hydrogen-bond donors (Lipinski definition) is 1. The number of nitrogens with one attached hydrogen (secondary N) is 1. The van der Waals surface area contributed by atoms with E-state index >= 15 is 0 Å². The van der Waals surface area contributed by atoms with Gasteiger partial charge < -0.3 is 14.8 Å². The Labute approximate surface area is 112 Å². The van der Waals surface area contributed by atoms with Crippen LogP contribution in [0.2, 0.25) is 0 Å². The topological polar surface area (TPSA) is 50.2 Å².